The molecule has 1 aliphatic rings. The molecule has 1 nitrogen and oxygen atoms in total. The molecule has 3 heteroatoms. The molecular weight excluding hydrogens is 281 g/mol. The molecule has 1 atom stereocenters. The lowest BCUT2D eigenvalue weighted by Gasteiger charge is -2.24. The van der Waals surface area contributed by atoms with Crippen molar-refractivity contribution in [2.24, 2.45) is 5.41 Å². The first kappa shape index (κ1) is 13.0. The van der Waals surface area contributed by atoms with Crippen molar-refractivity contribution < 1.29 is 4.39 Å². The Hall–Kier alpha value is -0.410. The molecule has 2 rings (SSSR count). The highest BCUT2D eigenvalue weighted by Gasteiger charge is 2.47. The molecule has 0 saturated heterocycles. The Morgan fingerprint density at radius 1 is 1.47 bits per heavy atom. The van der Waals surface area contributed by atoms with E-state index >= 15 is 0 Å². The Labute approximate surface area is 111 Å². The second-order valence-electron chi connectivity index (χ2n) is 5.05. The molecule has 1 aromatic rings. The number of benzene rings is 1. The Morgan fingerprint density at radius 2 is 2.18 bits per heavy atom. The first-order chi connectivity index (χ1) is 8.07. The Bertz CT molecular complexity index is 401. The third kappa shape index (κ3) is 2.89. The largest absolute Gasteiger partial charge is 0.314 e. The topological polar surface area (TPSA) is 12.0 Å². The summed E-state index contributed by atoms with van der Waals surface area (Å²) < 4.78 is 14.6. The van der Waals surface area contributed by atoms with Crippen molar-refractivity contribution in [1.82, 2.24) is 5.32 Å². The van der Waals surface area contributed by atoms with Gasteiger partial charge in [0.25, 0.3) is 0 Å². The van der Waals surface area contributed by atoms with Crippen LogP contribution in [0.15, 0.2) is 22.7 Å². The van der Waals surface area contributed by atoms with Gasteiger partial charge in [-0.3, -0.25) is 0 Å². The smallest absolute Gasteiger partial charge is 0.127 e. The Balaban J connectivity index is 2.10. The minimum absolute atomic E-state index is 0.0886. The predicted octanol–water partition coefficient (Wildman–Crippen LogP) is 3.91. The average molecular weight is 300 g/mol. The molecule has 17 heavy (non-hydrogen) atoms. The van der Waals surface area contributed by atoms with Crippen LogP contribution in [-0.4, -0.2) is 12.6 Å². The highest BCUT2D eigenvalue weighted by Crippen LogP contribution is 2.51. The van der Waals surface area contributed by atoms with Gasteiger partial charge in [0.15, 0.2) is 0 Å². The second kappa shape index (κ2) is 5.07. The maximum Gasteiger partial charge on any atom is 0.127 e. The van der Waals surface area contributed by atoms with Crippen molar-refractivity contribution in [2.45, 2.75) is 39.2 Å². The number of hydrogen-bond donors (Lipinski definition) is 1. The summed E-state index contributed by atoms with van der Waals surface area (Å²) in [6, 6.07) is 5.85. The molecule has 1 aromatic carbocycles. The van der Waals surface area contributed by atoms with Crippen molar-refractivity contribution in [3.63, 3.8) is 0 Å². The molecular formula is C14H19BrFN. The molecule has 0 spiro atoms. The van der Waals surface area contributed by atoms with Gasteiger partial charge in [-0.15, -0.1) is 0 Å². The summed E-state index contributed by atoms with van der Waals surface area (Å²) in [5.41, 5.74) is 1.13. The van der Waals surface area contributed by atoms with Gasteiger partial charge in [0.2, 0.25) is 0 Å². The first-order valence-corrected chi connectivity index (χ1v) is 7.04. The van der Waals surface area contributed by atoms with Crippen molar-refractivity contribution in [2.75, 3.05) is 6.54 Å². The maximum atomic E-state index is 13.8. The van der Waals surface area contributed by atoms with Crippen LogP contribution in [0, 0.1) is 11.2 Å². The highest BCUT2D eigenvalue weighted by atomic mass is 79.9. The summed E-state index contributed by atoms with van der Waals surface area (Å²) in [6.45, 7) is 5.31. The minimum Gasteiger partial charge on any atom is -0.314 e. The van der Waals surface area contributed by atoms with Crippen LogP contribution in [-0.2, 0) is 6.42 Å². The van der Waals surface area contributed by atoms with Crippen molar-refractivity contribution in [3.05, 3.63) is 34.1 Å². The maximum absolute atomic E-state index is 13.8. The number of halogens is 2. The van der Waals surface area contributed by atoms with Gasteiger partial charge in [0.05, 0.1) is 0 Å². The number of hydrogen-bond acceptors (Lipinski definition) is 1. The number of rotatable bonds is 5. The van der Waals surface area contributed by atoms with Crippen LogP contribution in [0.3, 0.4) is 0 Å². The monoisotopic (exact) mass is 299 g/mol. The summed E-state index contributed by atoms with van der Waals surface area (Å²) in [6.07, 6.45) is 3.26. The van der Waals surface area contributed by atoms with E-state index in [4.69, 9.17) is 0 Å². The molecule has 0 radical (unpaired) electrons. The summed E-state index contributed by atoms with van der Waals surface area (Å²) in [5, 5.41) is 3.47. The molecule has 1 unspecified atom stereocenters. The van der Waals surface area contributed by atoms with E-state index in [-0.39, 0.29) is 11.2 Å². The third-order valence-corrected chi connectivity index (χ3v) is 4.37. The van der Waals surface area contributed by atoms with Crippen LogP contribution in [0.4, 0.5) is 4.39 Å². The standard InChI is InChI=1S/C14H19BrFN/c1-3-17-10(2)14(6-7-14)9-11-4-5-12(15)8-13(11)16/h4-5,8,10,17H,3,6-7,9H2,1-2H3. The molecule has 0 bridgehead atoms. The van der Waals surface area contributed by atoms with Gasteiger partial charge in [0, 0.05) is 10.5 Å². The van der Waals surface area contributed by atoms with E-state index in [1.54, 1.807) is 6.07 Å². The highest BCUT2D eigenvalue weighted by molar-refractivity contribution is 9.10. The van der Waals surface area contributed by atoms with Crippen molar-refractivity contribution in [1.29, 1.82) is 0 Å². The van der Waals surface area contributed by atoms with Crippen LogP contribution in [0.1, 0.15) is 32.3 Å². The fraction of sp³-hybridized carbons (Fsp3) is 0.571. The molecule has 1 N–H and O–H groups in total. The molecule has 94 valence electrons. The summed E-state index contributed by atoms with van der Waals surface area (Å²) in [4.78, 5) is 0. The molecule has 1 fully saturated rings. The van der Waals surface area contributed by atoms with Crippen molar-refractivity contribution in [3.8, 4) is 0 Å². The van der Waals surface area contributed by atoms with Crippen LogP contribution in [0.2, 0.25) is 0 Å². The molecule has 1 saturated carbocycles. The first-order valence-electron chi connectivity index (χ1n) is 6.25. The van der Waals surface area contributed by atoms with Crippen LogP contribution in [0.25, 0.3) is 0 Å². The van der Waals surface area contributed by atoms with Crippen LogP contribution in [0.5, 0.6) is 0 Å². The lowest BCUT2D eigenvalue weighted by molar-refractivity contribution is 0.351. The molecule has 0 aromatic heterocycles. The third-order valence-electron chi connectivity index (χ3n) is 3.88. The van der Waals surface area contributed by atoms with E-state index in [2.05, 4.69) is 35.1 Å². The summed E-state index contributed by atoms with van der Waals surface area (Å²) in [7, 11) is 0. The van der Waals surface area contributed by atoms with E-state index in [0.717, 1.165) is 23.0 Å². The quantitative estimate of drug-likeness (QED) is 0.869. The van der Waals surface area contributed by atoms with E-state index in [1.165, 1.54) is 12.8 Å². The Kier molecular flexibility index (Phi) is 3.88. The lowest BCUT2D eigenvalue weighted by Crippen LogP contribution is -2.36. The van der Waals surface area contributed by atoms with Crippen LogP contribution >= 0.6 is 15.9 Å². The van der Waals surface area contributed by atoms with Crippen LogP contribution < -0.4 is 5.32 Å². The van der Waals surface area contributed by atoms with Gasteiger partial charge in [0.1, 0.15) is 5.82 Å². The van der Waals surface area contributed by atoms with Gasteiger partial charge in [-0.1, -0.05) is 28.9 Å². The van der Waals surface area contributed by atoms with E-state index in [9.17, 15) is 4.39 Å². The molecule has 0 amide bonds. The fourth-order valence-corrected chi connectivity index (χ4v) is 2.82. The Morgan fingerprint density at radius 3 is 2.71 bits per heavy atom. The zero-order chi connectivity index (χ0) is 12.5. The average Bonchev–Trinajstić information content (AvgIpc) is 3.04. The van der Waals surface area contributed by atoms with Gasteiger partial charge in [-0.25, -0.2) is 4.39 Å². The SMILES string of the molecule is CCNC(C)C1(Cc2ccc(Br)cc2F)CC1. The van der Waals surface area contributed by atoms with E-state index < -0.39 is 0 Å². The zero-order valence-corrected chi connectivity index (χ0v) is 12.0. The summed E-state index contributed by atoms with van der Waals surface area (Å²) >= 11 is 3.29. The van der Waals surface area contributed by atoms with E-state index in [1.807, 2.05) is 12.1 Å². The van der Waals surface area contributed by atoms with Gasteiger partial charge in [-0.2, -0.15) is 0 Å². The zero-order valence-electron chi connectivity index (χ0n) is 10.4. The summed E-state index contributed by atoms with van der Waals surface area (Å²) in [5.74, 6) is -0.0886. The van der Waals surface area contributed by atoms with Gasteiger partial charge >= 0.3 is 0 Å². The second-order valence-corrected chi connectivity index (χ2v) is 5.97. The van der Waals surface area contributed by atoms with Crippen molar-refractivity contribution >= 4 is 15.9 Å². The predicted molar refractivity (Wildman–Crippen MR) is 72.6 cm³/mol. The fourth-order valence-electron chi connectivity index (χ4n) is 2.49. The van der Waals surface area contributed by atoms with E-state index in [0.29, 0.717) is 6.04 Å². The minimum atomic E-state index is -0.0886. The molecule has 1 aliphatic carbocycles. The number of nitrogens with one attached hydrogen (secondary N) is 1. The normalized spacial score (nSPS) is 19.1. The van der Waals surface area contributed by atoms with Gasteiger partial charge in [-0.05, 0) is 55.8 Å². The lowest BCUT2D eigenvalue weighted by atomic mass is 9.89. The van der Waals surface area contributed by atoms with Gasteiger partial charge < -0.3 is 5.32 Å². The molecule has 0 aliphatic heterocycles. The molecule has 0 heterocycles.